The molecule has 0 saturated heterocycles. The maximum absolute atomic E-state index is 10.1. The van der Waals surface area contributed by atoms with Crippen molar-refractivity contribution in [3.05, 3.63) is 17.0 Å². The van der Waals surface area contributed by atoms with E-state index in [2.05, 4.69) is 18.9 Å². The summed E-state index contributed by atoms with van der Waals surface area (Å²) in [5.41, 5.74) is 8.45. The van der Waals surface area contributed by atoms with E-state index in [0.29, 0.717) is 13.0 Å². The highest BCUT2D eigenvalue weighted by Crippen LogP contribution is 2.17. The lowest BCUT2D eigenvalue weighted by molar-refractivity contribution is 0.0331. The zero-order chi connectivity index (χ0) is 13.1. The molecule has 0 aliphatic heterocycles. The summed E-state index contributed by atoms with van der Waals surface area (Å²) in [6.45, 7) is 9.37. The standard InChI is InChI=1S/C13H25N3O/c1-5-13(17,9-14)7-6-8-16-12(4)10(2)11(3)15-16/h17H,5-9,14H2,1-4H3. The predicted octanol–water partition coefficient (Wildman–Crippen LogP) is 1.69. The third kappa shape index (κ3) is 3.30. The molecule has 1 aromatic rings. The van der Waals surface area contributed by atoms with Crippen molar-refractivity contribution in [2.24, 2.45) is 5.73 Å². The Kier molecular flexibility index (Phi) is 4.71. The maximum atomic E-state index is 10.1. The number of rotatable bonds is 6. The third-order valence-electron chi connectivity index (χ3n) is 3.79. The van der Waals surface area contributed by atoms with Crippen LogP contribution in [0.2, 0.25) is 0 Å². The van der Waals surface area contributed by atoms with Crippen molar-refractivity contribution >= 4 is 0 Å². The van der Waals surface area contributed by atoms with Gasteiger partial charge in [-0.2, -0.15) is 5.10 Å². The van der Waals surface area contributed by atoms with Gasteiger partial charge < -0.3 is 10.8 Å². The average Bonchev–Trinajstić information content (AvgIpc) is 2.57. The van der Waals surface area contributed by atoms with E-state index in [9.17, 15) is 5.11 Å². The molecular formula is C13H25N3O. The van der Waals surface area contributed by atoms with Crippen molar-refractivity contribution in [3.8, 4) is 0 Å². The molecule has 0 aliphatic carbocycles. The summed E-state index contributed by atoms with van der Waals surface area (Å²) in [4.78, 5) is 0. The molecule has 4 heteroatoms. The van der Waals surface area contributed by atoms with E-state index in [1.807, 2.05) is 18.5 Å². The van der Waals surface area contributed by atoms with Crippen LogP contribution in [0, 0.1) is 20.8 Å². The van der Waals surface area contributed by atoms with Gasteiger partial charge in [0.05, 0.1) is 11.3 Å². The molecule has 0 spiro atoms. The van der Waals surface area contributed by atoms with Crippen LogP contribution < -0.4 is 5.73 Å². The van der Waals surface area contributed by atoms with Crippen LogP contribution in [0.15, 0.2) is 0 Å². The van der Waals surface area contributed by atoms with E-state index in [1.54, 1.807) is 0 Å². The SMILES string of the molecule is CCC(O)(CN)CCCn1nc(C)c(C)c1C. The highest BCUT2D eigenvalue weighted by molar-refractivity contribution is 5.21. The normalized spacial score (nSPS) is 14.9. The fourth-order valence-corrected chi connectivity index (χ4v) is 1.99. The highest BCUT2D eigenvalue weighted by Gasteiger charge is 2.21. The Morgan fingerprint density at radius 3 is 2.41 bits per heavy atom. The first-order chi connectivity index (χ1) is 7.93. The Balaban J connectivity index is 2.54. The fourth-order valence-electron chi connectivity index (χ4n) is 1.99. The molecule has 1 atom stereocenters. The Morgan fingerprint density at radius 1 is 1.35 bits per heavy atom. The van der Waals surface area contributed by atoms with Gasteiger partial charge in [-0.3, -0.25) is 4.68 Å². The van der Waals surface area contributed by atoms with Crippen molar-refractivity contribution < 1.29 is 5.11 Å². The smallest absolute Gasteiger partial charge is 0.0767 e. The summed E-state index contributed by atoms with van der Waals surface area (Å²) >= 11 is 0. The molecule has 98 valence electrons. The van der Waals surface area contributed by atoms with Gasteiger partial charge in [-0.15, -0.1) is 0 Å². The van der Waals surface area contributed by atoms with Crippen LogP contribution in [-0.2, 0) is 6.54 Å². The Bertz CT molecular complexity index is 367. The molecule has 0 fully saturated rings. The van der Waals surface area contributed by atoms with Crippen molar-refractivity contribution in [1.29, 1.82) is 0 Å². The van der Waals surface area contributed by atoms with Gasteiger partial charge in [0.2, 0.25) is 0 Å². The molecule has 1 rings (SSSR count). The molecule has 0 aliphatic rings. The molecule has 4 nitrogen and oxygen atoms in total. The molecule has 1 unspecified atom stereocenters. The number of hydrogen-bond donors (Lipinski definition) is 2. The molecule has 0 amide bonds. The van der Waals surface area contributed by atoms with Gasteiger partial charge in [0.25, 0.3) is 0 Å². The van der Waals surface area contributed by atoms with Gasteiger partial charge >= 0.3 is 0 Å². The minimum Gasteiger partial charge on any atom is -0.389 e. The lowest BCUT2D eigenvalue weighted by atomic mass is 9.95. The summed E-state index contributed by atoms with van der Waals surface area (Å²) in [5, 5.41) is 14.6. The number of nitrogens with zero attached hydrogens (tertiary/aromatic N) is 2. The summed E-state index contributed by atoms with van der Waals surface area (Å²) in [5.74, 6) is 0. The summed E-state index contributed by atoms with van der Waals surface area (Å²) in [6, 6.07) is 0. The third-order valence-corrected chi connectivity index (χ3v) is 3.79. The van der Waals surface area contributed by atoms with Crippen LogP contribution >= 0.6 is 0 Å². The minimum absolute atomic E-state index is 0.333. The van der Waals surface area contributed by atoms with E-state index >= 15 is 0 Å². The van der Waals surface area contributed by atoms with E-state index in [-0.39, 0.29) is 0 Å². The molecule has 1 aromatic heterocycles. The van der Waals surface area contributed by atoms with Gasteiger partial charge in [0.1, 0.15) is 0 Å². The summed E-state index contributed by atoms with van der Waals surface area (Å²) in [7, 11) is 0. The molecule has 17 heavy (non-hydrogen) atoms. The number of aliphatic hydroxyl groups is 1. The van der Waals surface area contributed by atoms with Gasteiger partial charge in [0, 0.05) is 18.8 Å². The van der Waals surface area contributed by atoms with Crippen LogP contribution in [0.1, 0.15) is 43.1 Å². The zero-order valence-corrected chi connectivity index (χ0v) is 11.5. The maximum Gasteiger partial charge on any atom is 0.0767 e. The molecule has 0 radical (unpaired) electrons. The molecular weight excluding hydrogens is 214 g/mol. The minimum atomic E-state index is -0.703. The van der Waals surface area contributed by atoms with Gasteiger partial charge in [-0.1, -0.05) is 6.92 Å². The zero-order valence-electron chi connectivity index (χ0n) is 11.5. The second kappa shape index (κ2) is 5.65. The van der Waals surface area contributed by atoms with Gasteiger partial charge in [0.15, 0.2) is 0 Å². The fraction of sp³-hybridized carbons (Fsp3) is 0.769. The molecule has 0 aromatic carbocycles. The second-order valence-electron chi connectivity index (χ2n) is 4.90. The molecule has 0 bridgehead atoms. The summed E-state index contributed by atoms with van der Waals surface area (Å²) < 4.78 is 2.03. The highest BCUT2D eigenvalue weighted by atomic mass is 16.3. The number of aryl methyl sites for hydroxylation is 2. The van der Waals surface area contributed by atoms with Crippen molar-refractivity contribution in [2.45, 2.75) is 59.1 Å². The number of nitrogens with two attached hydrogens (primary N) is 1. The molecule has 1 heterocycles. The van der Waals surface area contributed by atoms with E-state index in [4.69, 9.17) is 5.73 Å². The van der Waals surface area contributed by atoms with Crippen LogP contribution in [0.5, 0.6) is 0 Å². The van der Waals surface area contributed by atoms with E-state index in [0.717, 1.165) is 25.1 Å². The lowest BCUT2D eigenvalue weighted by Gasteiger charge is -2.24. The monoisotopic (exact) mass is 239 g/mol. The Hall–Kier alpha value is -0.870. The van der Waals surface area contributed by atoms with Crippen LogP contribution in [0.25, 0.3) is 0 Å². The Labute approximate surface area is 104 Å². The van der Waals surface area contributed by atoms with E-state index in [1.165, 1.54) is 11.3 Å². The quantitative estimate of drug-likeness (QED) is 0.794. The van der Waals surface area contributed by atoms with Gasteiger partial charge in [-0.25, -0.2) is 0 Å². The van der Waals surface area contributed by atoms with Crippen molar-refractivity contribution in [1.82, 2.24) is 9.78 Å². The van der Waals surface area contributed by atoms with Gasteiger partial charge in [-0.05, 0) is 45.6 Å². The predicted molar refractivity (Wildman–Crippen MR) is 70.0 cm³/mol. The van der Waals surface area contributed by atoms with Crippen LogP contribution in [-0.4, -0.2) is 27.0 Å². The van der Waals surface area contributed by atoms with E-state index < -0.39 is 5.60 Å². The topological polar surface area (TPSA) is 64.1 Å². The average molecular weight is 239 g/mol. The first kappa shape index (κ1) is 14.2. The largest absolute Gasteiger partial charge is 0.389 e. The Morgan fingerprint density at radius 2 is 2.00 bits per heavy atom. The first-order valence-corrected chi connectivity index (χ1v) is 6.36. The van der Waals surface area contributed by atoms with Crippen molar-refractivity contribution in [2.75, 3.05) is 6.54 Å². The molecule has 0 saturated carbocycles. The molecule has 3 N–H and O–H groups in total. The van der Waals surface area contributed by atoms with Crippen LogP contribution in [0.3, 0.4) is 0 Å². The van der Waals surface area contributed by atoms with Crippen LogP contribution in [0.4, 0.5) is 0 Å². The lowest BCUT2D eigenvalue weighted by Crippen LogP contribution is -2.37. The summed E-state index contributed by atoms with van der Waals surface area (Å²) in [6.07, 6.45) is 2.35. The number of aromatic nitrogens is 2. The first-order valence-electron chi connectivity index (χ1n) is 6.36. The number of hydrogen-bond acceptors (Lipinski definition) is 3. The van der Waals surface area contributed by atoms with Crippen molar-refractivity contribution in [3.63, 3.8) is 0 Å². The second-order valence-corrected chi connectivity index (χ2v) is 4.90.